The Morgan fingerprint density at radius 3 is 2.19 bits per heavy atom. The molecule has 9 heteroatoms. The van der Waals surface area contributed by atoms with Gasteiger partial charge in [0.25, 0.3) is 5.91 Å². The first-order valence-corrected chi connectivity index (χ1v) is 12.1. The number of nitrogens with zero attached hydrogens (tertiary/aromatic N) is 1. The molecule has 1 amide bonds. The van der Waals surface area contributed by atoms with E-state index in [1.165, 1.54) is 53.8 Å². The van der Waals surface area contributed by atoms with Gasteiger partial charge in [-0.2, -0.15) is 0 Å². The van der Waals surface area contributed by atoms with Crippen molar-refractivity contribution in [3.8, 4) is 21.7 Å². The highest BCUT2D eigenvalue weighted by molar-refractivity contribution is 7.90. The molecule has 0 spiro atoms. The number of halogens is 2. The SMILES string of the molecule is CS(=O)(=O)c1ccc(-c2sc(NC(=O)c3cccc(F)c3)nc2-c2ccc(F)cc2)cc1. The number of nitrogens with one attached hydrogen (secondary N) is 1. The molecule has 4 rings (SSSR count). The van der Waals surface area contributed by atoms with E-state index in [1.54, 1.807) is 24.3 Å². The van der Waals surface area contributed by atoms with Gasteiger partial charge in [0.2, 0.25) is 0 Å². The van der Waals surface area contributed by atoms with Gasteiger partial charge in [0.15, 0.2) is 15.0 Å². The number of sulfone groups is 1. The molecular formula is C23H16F2N2O3S2. The fraction of sp³-hybridized carbons (Fsp3) is 0.0435. The lowest BCUT2D eigenvalue weighted by atomic mass is 10.1. The predicted molar refractivity (Wildman–Crippen MR) is 120 cm³/mol. The minimum Gasteiger partial charge on any atom is -0.298 e. The molecule has 0 fully saturated rings. The zero-order valence-corrected chi connectivity index (χ0v) is 18.3. The third kappa shape index (κ3) is 4.74. The Kier molecular flexibility index (Phi) is 5.86. The number of anilines is 1. The first-order chi connectivity index (χ1) is 15.2. The highest BCUT2D eigenvalue weighted by atomic mass is 32.2. The maximum Gasteiger partial charge on any atom is 0.257 e. The van der Waals surface area contributed by atoms with E-state index in [1.807, 2.05) is 0 Å². The summed E-state index contributed by atoms with van der Waals surface area (Å²) in [5.41, 5.74) is 1.94. The first kappa shape index (κ1) is 21.8. The van der Waals surface area contributed by atoms with Crippen molar-refractivity contribution in [3.63, 3.8) is 0 Å². The van der Waals surface area contributed by atoms with E-state index >= 15 is 0 Å². The van der Waals surface area contributed by atoms with Crippen LogP contribution in [0.15, 0.2) is 77.7 Å². The number of hydrogen-bond donors (Lipinski definition) is 1. The van der Waals surface area contributed by atoms with Crippen LogP contribution in [0.3, 0.4) is 0 Å². The molecule has 0 radical (unpaired) electrons. The number of benzene rings is 3. The van der Waals surface area contributed by atoms with Crippen molar-refractivity contribution >= 4 is 32.2 Å². The highest BCUT2D eigenvalue weighted by Crippen LogP contribution is 2.39. The quantitative estimate of drug-likeness (QED) is 0.423. The van der Waals surface area contributed by atoms with Crippen molar-refractivity contribution < 1.29 is 22.0 Å². The van der Waals surface area contributed by atoms with E-state index < -0.39 is 27.4 Å². The van der Waals surface area contributed by atoms with Gasteiger partial charge in [-0.05, 0) is 60.2 Å². The van der Waals surface area contributed by atoms with Gasteiger partial charge >= 0.3 is 0 Å². The minimum atomic E-state index is -3.36. The number of carbonyl (C=O) groups is 1. The van der Waals surface area contributed by atoms with Crippen molar-refractivity contribution in [2.75, 3.05) is 11.6 Å². The van der Waals surface area contributed by atoms with Gasteiger partial charge in [-0.15, -0.1) is 0 Å². The van der Waals surface area contributed by atoms with E-state index in [0.29, 0.717) is 21.7 Å². The average Bonchev–Trinajstić information content (AvgIpc) is 3.17. The first-order valence-electron chi connectivity index (χ1n) is 9.35. The van der Waals surface area contributed by atoms with Crippen LogP contribution in [0.2, 0.25) is 0 Å². The van der Waals surface area contributed by atoms with Crippen molar-refractivity contribution in [2.24, 2.45) is 0 Å². The van der Waals surface area contributed by atoms with E-state index in [9.17, 15) is 22.0 Å². The standard InChI is InChI=1S/C23H16F2N2O3S2/c1-32(29,30)19-11-7-15(8-12-19)21-20(14-5-9-17(24)10-6-14)26-23(31-21)27-22(28)16-3-2-4-18(25)13-16/h2-13H,1H3,(H,26,27,28). The Balaban J connectivity index is 1.75. The summed E-state index contributed by atoms with van der Waals surface area (Å²) in [5, 5.41) is 2.93. The molecule has 0 saturated heterocycles. The highest BCUT2D eigenvalue weighted by Gasteiger charge is 2.18. The summed E-state index contributed by atoms with van der Waals surface area (Å²) in [4.78, 5) is 17.9. The zero-order chi connectivity index (χ0) is 22.9. The van der Waals surface area contributed by atoms with Crippen LogP contribution in [0.5, 0.6) is 0 Å². The van der Waals surface area contributed by atoms with Gasteiger partial charge < -0.3 is 0 Å². The molecule has 1 aromatic heterocycles. The number of amides is 1. The maximum atomic E-state index is 13.5. The molecule has 162 valence electrons. The summed E-state index contributed by atoms with van der Waals surface area (Å²) in [6, 6.07) is 17.3. The maximum absolute atomic E-state index is 13.5. The van der Waals surface area contributed by atoms with E-state index in [2.05, 4.69) is 10.3 Å². The van der Waals surface area contributed by atoms with Crippen molar-refractivity contribution in [1.82, 2.24) is 4.98 Å². The van der Waals surface area contributed by atoms with Crippen LogP contribution in [0.4, 0.5) is 13.9 Å². The molecular weight excluding hydrogens is 454 g/mol. The molecule has 0 unspecified atom stereocenters. The van der Waals surface area contributed by atoms with Gasteiger partial charge in [0, 0.05) is 17.4 Å². The molecule has 3 aromatic carbocycles. The molecule has 0 atom stereocenters. The number of rotatable bonds is 5. The normalized spacial score (nSPS) is 11.3. The second-order valence-electron chi connectivity index (χ2n) is 6.96. The lowest BCUT2D eigenvalue weighted by Crippen LogP contribution is -2.11. The van der Waals surface area contributed by atoms with Gasteiger partial charge in [-0.3, -0.25) is 10.1 Å². The Bertz CT molecular complexity index is 1400. The van der Waals surface area contributed by atoms with Crippen molar-refractivity contribution in [1.29, 1.82) is 0 Å². The molecule has 0 aliphatic carbocycles. The van der Waals surface area contributed by atoms with Crippen LogP contribution in [-0.2, 0) is 9.84 Å². The van der Waals surface area contributed by atoms with Gasteiger partial charge in [0.1, 0.15) is 11.6 Å². The molecule has 32 heavy (non-hydrogen) atoms. The monoisotopic (exact) mass is 470 g/mol. The second kappa shape index (κ2) is 8.60. The number of carbonyl (C=O) groups excluding carboxylic acids is 1. The molecule has 5 nitrogen and oxygen atoms in total. The van der Waals surface area contributed by atoms with Crippen LogP contribution in [0.1, 0.15) is 10.4 Å². The summed E-state index contributed by atoms with van der Waals surface area (Å²) in [5.74, 6) is -1.46. The number of aromatic nitrogens is 1. The third-order valence-electron chi connectivity index (χ3n) is 4.60. The predicted octanol–water partition coefficient (Wildman–Crippen LogP) is 5.41. The van der Waals surface area contributed by atoms with E-state index in [0.717, 1.165) is 12.3 Å². The van der Waals surface area contributed by atoms with Crippen LogP contribution in [0.25, 0.3) is 21.7 Å². The van der Waals surface area contributed by atoms with Crippen LogP contribution >= 0.6 is 11.3 Å². The Labute approximate surface area is 187 Å². The Morgan fingerprint density at radius 2 is 1.56 bits per heavy atom. The molecule has 0 aliphatic rings. The summed E-state index contributed by atoms with van der Waals surface area (Å²) in [6.45, 7) is 0. The van der Waals surface area contributed by atoms with Crippen molar-refractivity contribution in [3.05, 3.63) is 90.0 Å². The molecule has 4 aromatic rings. The molecule has 0 bridgehead atoms. The fourth-order valence-electron chi connectivity index (χ4n) is 3.03. The Hall–Kier alpha value is -3.43. The van der Waals surface area contributed by atoms with E-state index in [-0.39, 0.29) is 15.6 Å². The topological polar surface area (TPSA) is 76.1 Å². The minimum absolute atomic E-state index is 0.141. The molecule has 0 saturated carbocycles. The number of hydrogen-bond acceptors (Lipinski definition) is 5. The van der Waals surface area contributed by atoms with E-state index in [4.69, 9.17) is 0 Å². The third-order valence-corrected chi connectivity index (χ3v) is 6.75. The average molecular weight is 471 g/mol. The van der Waals surface area contributed by atoms with Gasteiger partial charge in [-0.25, -0.2) is 22.2 Å². The summed E-state index contributed by atoms with van der Waals surface area (Å²) in [7, 11) is -3.36. The lowest BCUT2D eigenvalue weighted by Gasteiger charge is -2.04. The van der Waals surface area contributed by atoms with Crippen molar-refractivity contribution in [2.45, 2.75) is 4.90 Å². The van der Waals surface area contributed by atoms with Gasteiger partial charge in [-0.1, -0.05) is 29.5 Å². The van der Waals surface area contributed by atoms with Crippen LogP contribution in [-0.4, -0.2) is 25.6 Å². The molecule has 1 N–H and O–H groups in total. The summed E-state index contributed by atoms with van der Waals surface area (Å²) in [6.07, 6.45) is 1.12. The zero-order valence-electron chi connectivity index (χ0n) is 16.7. The largest absolute Gasteiger partial charge is 0.298 e. The summed E-state index contributed by atoms with van der Waals surface area (Å²) < 4.78 is 50.4. The molecule has 0 aliphatic heterocycles. The summed E-state index contributed by atoms with van der Waals surface area (Å²) >= 11 is 1.17. The Morgan fingerprint density at radius 1 is 0.906 bits per heavy atom. The van der Waals surface area contributed by atoms with Crippen LogP contribution in [0, 0.1) is 11.6 Å². The smallest absolute Gasteiger partial charge is 0.257 e. The second-order valence-corrected chi connectivity index (χ2v) is 9.98. The fourth-order valence-corrected chi connectivity index (χ4v) is 4.64. The van der Waals surface area contributed by atoms with Gasteiger partial charge in [0.05, 0.1) is 15.5 Å². The molecule has 1 heterocycles. The number of thiazole rings is 1. The van der Waals surface area contributed by atoms with Crippen LogP contribution < -0.4 is 5.32 Å². The lowest BCUT2D eigenvalue weighted by molar-refractivity contribution is 0.102.